The van der Waals surface area contributed by atoms with Crippen molar-refractivity contribution in [2.75, 3.05) is 20.3 Å². The maximum Gasteiger partial charge on any atom is 0.270 e. The van der Waals surface area contributed by atoms with E-state index in [9.17, 15) is 4.79 Å². The first kappa shape index (κ1) is 23.4. The third kappa shape index (κ3) is 5.49. The zero-order valence-electron chi connectivity index (χ0n) is 20.1. The minimum Gasteiger partial charge on any atom is -0.497 e. The molecule has 184 valence electrons. The summed E-state index contributed by atoms with van der Waals surface area (Å²) in [4.78, 5) is 18.8. The highest BCUT2D eigenvalue weighted by Crippen LogP contribution is 2.38. The molecular weight excluding hydrogens is 448 g/mol. The molecule has 2 fully saturated rings. The fourth-order valence-corrected chi connectivity index (χ4v) is 4.72. The summed E-state index contributed by atoms with van der Waals surface area (Å²) < 4.78 is 16.9. The minimum absolute atomic E-state index is 0.266. The first-order chi connectivity index (χ1) is 17.0. The number of nitrogens with one attached hydrogen (secondary N) is 1. The molecule has 0 unspecified atom stereocenters. The zero-order valence-corrected chi connectivity index (χ0v) is 20.1. The Morgan fingerprint density at radius 2 is 2.00 bits per heavy atom. The molecule has 0 atom stereocenters. The summed E-state index contributed by atoms with van der Waals surface area (Å²) in [5, 5.41) is 16.0. The van der Waals surface area contributed by atoms with E-state index >= 15 is 0 Å². The van der Waals surface area contributed by atoms with Crippen molar-refractivity contribution in [3.63, 3.8) is 0 Å². The van der Waals surface area contributed by atoms with E-state index in [1.54, 1.807) is 18.0 Å². The van der Waals surface area contributed by atoms with Gasteiger partial charge < -0.3 is 19.5 Å². The lowest BCUT2D eigenvalue weighted by Crippen LogP contribution is -2.36. The number of methoxy groups -OCH3 is 1. The first-order valence-corrected chi connectivity index (χ1v) is 12.0. The van der Waals surface area contributed by atoms with Gasteiger partial charge in [-0.2, -0.15) is 4.80 Å². The maximum atomic E-state index is 12.8. The van der Waals surface area contributed by atoms with Gasteiger partial charge in [0, 0.05) is 30.6 Å². The van der Waals surface area contributed by atoms with Crippen LogP contribution in [0.4, 0.5) is 0 Å². The van der Waals surface area contributed by atoms with E-state index in [-0.39, 0.29) is 11.7 Å². The van der Waals surface area contributed by atoms with Crippen molar-refractivity contribution >= 4 is 5.91 Å². The molecule has 1 aliphatic carbocycles. The van der Waals surface area contributed by atoms with Crippen molar-refractivity contribution in [1.82, 2.24) is 30.5 Å². The topological polar surface area (TPSA) is 113 Å². The highest BCUT2D eigenvalue weighted by molar-refractivity contribution is 5.93. The maximum absolute atomic E-state index is 12.8. The second-order valence-electron chi connectivity index (χ2n) is 9.14. The van der Waals surface area contributed by atoms with Gasteiger partial charge in [-0.25, -0.2) is 4.98 Å². The van der Waals surface area contributed by atoms with Gasteiger partial charge in [0.2, 0.25) is 5.82 Å². The Morgan fingerprint density at radius 1 is 1.20 bits per heavy atom. The summed E-state index contributed by atoms with van der Waals surface area (Å²) in [6.45, 7) is 4.28. The van der Waals surface area contributed by atoms with E-state index in [0.717, 1.165) is 37.0 Å². The molecule has 5 rings (SSSR count). The Balaban J connectivity index is 1.22. The van der Waals surface area contributed by atoms with Crippen molar-refractivity contribution < 1.29 is 19.0 Å². The summed E-state index contributed by atoms with van der Waals surface area (Å²) >= 11 is 0. The summed E-state index contributed by atoms with van der Waals surface area (Å²) in [6, 6.07) is 11.1. The Bertz CT molecular complexity index is 1180. The van der Waals surface area contributed by atoms with Crippen LogP contribution in [0.1, 0.15) is 47.4 Å². The molecule has 1 N–H and O–H groups in total. The quantitative estimate of drug-likeness (QED) is 0.552. The number of tetrazole rings is 1. The molecule has 3 aromatic rings. The fraction of sp³-hybridized carbons (Fsp3) is 0.480. The van der Waals surface area contributed by atoms with Crippen molar-refractivity contribution in [2.45, 2.75) is 51.5 Å². The Hall–Kier alpha value is -3.37. The van der Waals surface area contributed by atoms with Gasteiger partial charge in [0.1, 0.15) is 11.4 Å². The molecule has 0 bridgehead atoms. The van der Waals surface area contributed by atoms with Gasteiger partial charge >= 0.3 is 0 Å². The average Bonchev–Trinajstić information content (AvgIpc) is 3.54. The van der Waals surface area contributed by atoms with Crippen LogP contribution in [0, 0.1) is 12.8 Å². The summed E-state index contributed by atoms with van der Waals surface area (Å²) in [6.07, 6.45) is 3.81. The first-order valence-electron chi connectivity index (χ1n) is 12.0. The van der Waals surface area contributed by atoms with E-state index < -0.39 is 0 Å². The van der Waals surface area contributed by atoms with Crippen LogP contribution in [0.5, 0.6) is 5.75 Å². The number of amides is 1. The number of nitrogens with zero attached hydrogens (tertiary/aromatic N) is 5. The molecule has 3 heterocycles. The van der Waals surface area contributed by atoms with Crippen LogP contribution in [0.2, 0.25) is 0 Å². The van der Waals surface area contributed by atoms with Crippen molar-refractivity contribution in [1.29, 1.82) is 0 Å². The van der Waals surface area contributed by atoms with E-state index in [0.29, 0.717) is 55.0 Å². The predicted octanol–water partition coefficient (Wildman–Crippen LogP) is 2.92. The lowest BCUT2D eigenvalue weighted by atomic mass is 9.85. The molecule has 1 aromatic carbocycles. The van der Waals surface area contributed by atoms with Crippen molar-refractivity contribution in [2.24, 2.45) is 5.92 Å². The smallest absolute Gasteiger partial charge is 0.270 e. The van der Waals surface area contributed by atoms with Crippen LogP contribution < -0.4 is 10.1 Å². The highest BCUT2D eigenvalue weighted by atomic mass is 16.7. The Kier molecular flexibility index (Phi) is 6.74. The van der Waals surface area contributed by atoms with E-state index in [2.05, 4.69) is 25.7 Å². The van der Waals surface area contributed by atoms with Crippen LogP contribution in [-0.2, 0) is 22.6 Å². The number of ether oxygens (including phenoxy) is 3. The van der Waals surface area contributed by atoms with E-state index in [1.165, 1.54) is 0 Å². The molecule has 10 heteroatoms. The molecule has 10 nitrogen and oxygen atoms in total. The molecule has 1 spiro atoms. The number of rotatable bonds is 7. The number of aryl methyl sites for hydroxylation is 1. The third-order valence-electron chi connectivity index (χ3n) is 6.59. The van der Waals surface area contributed by atoms with E-state index in [4.69, 9.17) is 14.2 Å². The largest absolute Gasteiger partial charge is 0.497 e. The average molecular weight is 479 g/mol. The zero-order chi connectivity index (χ0) is 24.3. The SMILES string of the molecule is COc1cccc(CNC(=O)c2cc(-c3nnn(CC4CCC5(CC4)OCCO5)n3)cc(C)n2)c1. The normalized spacial score (nSPS) is 17.5. The molecule has 1 saturated carbocycles. The monoisotopic (exact) mass is 478 g/mol. The number of aromatic nitrogens is 5. The van der Waals surface area contributed by atoms with Gasteiger partial charge in [-0.3, -0.25) is 4.79 Å². The second kappa shape index (κ2) is 10.1. The van der Waals surface area contributed by atoms with Crippen LogP contribution in [-0.4, -0.2) is 57.2 Å². The van der Waals surface area contributed by atoms with Crippen molar-refractivity contribution in [3.8, 4) is 17.1 Å². The summed E-state index contributed by atoms with van der Waals surface area (Å²) in [5.41, 5.74) is 2.67. The van der Waals surface area contributed by atoms with Crippen LogP contribution in [0.25, 0.3) is 11.4 Å². The third-order valence-corrected chi connectivity index (χ3v) is 6.59. The van der Waals surface area contributed by atoms with Crippen LogP contribution in [0.15, 0.2) is 36.4 Å². The molecule has 1 saturated heterocycles. The van der Waals surface area contributed by atoms with Gasteiger partial charge in [-0.1, -0.05) is 12.1 Å². The van der Waals surface area contributed by atoms with Gasteiger partial charge in [-0.15, -0.1) is 10.2 Å². The predicted molar refractivity (Wildman–Crippen MR) is 127 cm³/mol. The van der Waals surface area contributed by atoms with Crippen LogP contribution >= 0.6 is 0 Å². The Morgan fingerprint density at radius 3 is 2.77 bits per heavy atom. The number of carbonyl (C=O) groups is 1. The molecule has 2 aromatic heterocycles. The van der Waals surface area contributed by atoms with Gasteiger partial charge in [0.15, 0.2) is 5.79 Å². The molecule has 35 heavy (non-hydrogen) atoms. The number of carbonyl (C=O) groups excluding carboxylic acids is 1. The highest BCUT2D eigenvalue weighted by Gasteiger charge is 2.40. The Labute approximate surface area is 204 Å². The molecule has 1 aliphatic heterocycles. The number of hydrogen-bond acceptors (Lipinski definition) is 8. The number of pyridine rings is 1. The lowest BCUT2D eigenvalue weighted by molar-refractivity contribution is -0.183. The van der Waals surface area contributed by atoms with Gasteiger partial charge in [0.25, 0.3) is 5.91 Å². The summed E-state index contributed by atoms with van der Waals surface area (Å²) in [5.74, 6) is 1.04. The fourth-order valence-electron chi connectivity index (χ4n) is 4.72. The molecule has 0 radical (unpaired) electrons. The second-order valence-corrected chi connectivity index (χ2v) is 9.14. The number of hydrogen-bond donors (Lipinski definition) is 1. The van der Waals surface area contributed by atoms with Crippen molar-refractivity contribution in [3.05, 3.63) is 53.3 Å². The summed E-state index contributed by atoms with van der Waals surface area (Å²) in [7, 11) is 1.62. The van der Waals surface area contributed by atoms with Gasteiger partial charge in [0.05, 0.1) is 26.9 Å². The van der Waals surface area contributed by atoms with Gasteiger partial charge in [-0.05, 0) is 60.7 Å². The molecule has 1 amide bonds. The van der Waals surface area contributed by atoms with E-state index in [1.807, 2.05) is 37.3 Å². The molecule has 2 aliphatic rings. The lowest BCUT2D eigenvalue weighted by Gasteiger charge is -2.35. The number of benzene rings is 1. The molecular formula is C25H30N6O4. The van der Waals surface area contributed by atoms with Crippen LogP contribution in [0.3, 0.4) is 0 Å². The standard InChI is InChI=1S/C25H30N6O4/c1-17-12-20(14-22(27-17)24(32)26-15-19-4-3-5-21(13-19)33-2)23-28-30-31(29-23)16-18-6-8-25(9-7-18)34-10-11-35-25/h3-5,12-14,18H,6-11,15-16H2,1-2H3,(H,26,32). The minimum atomic E-state index is -0.366.